The molecule has 0 bridgehead atoms. The molecule has 0 unspecified atom stereocenters. The van der Waals surface area contributed by atoms with Gasteiger partial charge in [0, 0.05) is 18.2 Å². The molecule has 0 aliphatic carbocycles. The van der Waals surface area contributed by atoms with E-state index < -0.39 is 22.4 Å². The number of benzene rings is 2. The van der Waals surface area contributed by atoms with Crippen molar-refractivity contribution in [2.45, 2.75) is 19.5 Å². The third-order valence-electron chi connectivity index (χ3n) is 4.23. The molecule has 31 heavy (non-hydrogen) atoms. The molecule has 0 saturated carbocycles. The van der Waals surface area contributed by atoms with Crippen LogP contribution in [-0.4, -0.2) is 26.6 Å². The van der Waals surface area contributed by atoms with Gasteiger partial charge in [0.2, 0.25) is 5.75 Å². The number of thiocarbonyl (C=S) groups is 1. The number of carbonyl (C=O) groups is 1. The summed E-state index contributed by atoms with van der Waals surface area (Å²) in [5.74, 6) is -0.462. The topological polar surface area (TPSA) is 72.7 Å². The van der Waals surface area contributed by atoms with Crippen molar-refractivity contribution in [3.8, 4) is 11.5 Å². The molecule has 0 atom stereocenters. The van der Waals surface area contributed by atoms with Crippen molar-refractivity contribution in [3.05, 3.63) is 68.6 Å². The van der Waals surface area contributed by atoms with E-state index in [9.17, 15) is 28.1 Å². The number of ether oxygens (including phenoxy) is 1. The van der Waals surface area contributed by atoms with E-state index in [1.54, 1.807) is 24.3 Å². The molecule has 1 heterocycles. The van der Waals surface area contributed by atoms with Gasteiger partial charge in [-0.3, -0.25) is 19.8 Å². The zero-order valence-electron chi connectivity index (χ0n) is 16.0. The Hall–Kier alpha value is -2.92. The van der Waals surface area contributed by atoms with Crippen molar-refractivity contribution in [3.63, 3.8) is 0 Å². The SMILES string of the molecule is CCCN1C(=O)/C(=C/c2ccccc2Oc2ccc(C(F)(F)F)cc2[N+](=O)[O-])SC1=S. The largest absolute Gasteiger partial charge is 0.449 e. The van der Waals surface area contributed by atoms with Crippen LogP contribution in [0.2, 0.25) is 0 Å². The summed E-state index contributed by atoms with van der Waals surface area (Å²) in [7, 11) is 0. The van der Waals surface area contributed by atoms with Crippen LogP contribution in [0.1, 0.15) is 24.5 Å². The molecule has 1 amide bonds. The van der Waals surface area contributed by atoms with Gasteiger partial charge in [-0.25, -0.2) is 0 Å². The Bertz CT molecular complexity index is 1090. The van der Waals surface area contributed by atoms with Gasteiger partial charge in [-0.15, -0.1) is 0 Å². The Balaban J connectivity index is 1.96. The zero-order chi connectivity index (χ0) is 22.8. The summed E-state index contributed by atoms with van der Waals surface area (Å²) >= 11 is 6.36. The van der Waals surface area contributed by atoms with E-state index in [0.717, 1.165) is 24.2 Å². The molecule has 11 heteroatoms. The maximum absolute atomic E-state index is 12.9. The summed E-state index contributed by atoms with van der Waals surface area (Å²) in [6, 6.07) is 8.43. The van der Waals surface area contributed by atoms with E-state index in [0.29, 0.717) is 33.5 Å². The molecule has 1 fully saturated rings. The van der Waals surface area contributed by atoms with Crippen molar-refractivity contribution >= 4 is 46.0 Å². The predicted octanol–water partition coefficient (Wildman–Crippen LogP) is 6.02. The number of thioether (sulfide) groups is 1. The molecule has 0 aromatic heterocycles. The number of amides is 1. The third-order valence-corrected chi connectivity index (χ3v) is 5.61. The smallest absolute Gasteiger partial charge is 0.416 e. The van der Waals surface area contributed by atoms with Crippen LogP contribution < -0.4 is 4.74 Å². The van der Waals surface area contributed by atoms with Gasteiger partial charge < -0.3 is 4.74 Å². The number of hydrogen-bond donors (Lipinski definition) is 0. The van der Waals surface area contributed by atoms with Gasteiger partial charge in [0.25, 0.3) is 5.91 Å². The number of alkyl halides is 3. The first-order valence-electron chi connectivity index (χ1n) is 8.99. The van der Waals surface area contributed by atoms with Gasteiger partial charge in [-0.05, 0) is 30.7 Å². The molecular weight excluding hydrogens is 453 g/mol. The van der Waals surface area contributed by atoms with Crippen LogP contribution in [-0.2, 0) is 11.0 Å². The molecule has 0 spiro atoms. The Labute approximate surface area is 184 Å². The molecule has 2 aromatic rings. The number of nitro benzene ring substituents is 1. The van der Waals surface area contributed by atoms with E-state index >= 15 is 0 Å². The minimum Gasteiger partial charge on any atom is -0.449 e. The highest BCUT2D eigenvalue weighted by atomic mass is 32.2. The number of carbonyl (C=O) groups excluding carboxylic acids is 1. The van der Waals surface area contributed by atoms with Gasteiger partial charge in [-0.2, -0.15) is 13.2 Å². The Morgan fingerprint density at radius 3 is 2.58 bits per heavy atom. The first-order chi connectivity index (χ1) is 14.6. The summed E-state index contributed by atoms with van der Waals surface area (Å²) in [6.07, 6.45) is -2.45. The second-order valence-electron chi connectivity index (χ2n) is 6.41. The minimum absolute atomic E-state index is 0.145. The lowest BCUT2D eigenvalue weighted by Crippen LogP contribution is -2.28. The molecule has 162 valence electrons. The number of nitrogens with zero attached hydrogens (tertiary/aromatic N) is 2. The fourth-order valence-electron chi connectivity index (χ4n) is 2.79. The Kier molecular flexibility index (Phi) is 6.65. The lowest BCUT2D eigenvalue weighted by atomic mass is 10.1. The lowest BCUT2D eigenvalue weighted by molar-refractivity contribution is -0.385. The van der Waals surface area contributed by atoms with Gasteiger partial charge >= 0.3 is 11.9 Å². The molecule has 3 rings (SSSR count). The number of para-hydroxylation sites is 1. The molecule has 0 N–H and O–H groups in total. The number of rotatable bonds is 6. The minimum atomic E-state index is -4.73. The summed E-state index contributed by atoms with van der Waals surface area (Å²) in [6.45, 7) is 2.40. The third kappa shape index (κ3) is 5.05. The second kappa shape index (κ2) is 9.06. The maximum atomic E-state index is 12.9. The normalized spacial score (nSPS) is 15.6. The second-order valence-corrected chi connectivity index (χ2v) is 8.09. The highest BCUT2D eigenvalue weighted by Gasteiger charge is 2.34. The van der Waals surface area contributed by atoms with Crippen LogP contribution in [0, 0.1) is 10.1 Å². The fourth-order valence-corrected chi connectivity index (χ4v) is 4.09. The lowest BCUT2D eigenvalue weighted by Gasteiger charge is -2.12. The molecule has 1 saturated heterocycles. The number of halogens is 3. The van der Waals surface area contributed by atoms with Crippen molar-refractivity contribution in [2.24, 2.45) is 0 Å². The molecule has 1 aliphatic heterocycles. The summed E-state index contributed by atoms with van der Waals surface area (Å²) in [4.78, 5) is 24.8. The van der Waals surface area contributed by atoms with Gasteiger partial charge in [0.15, 0.2) is 0 Å². The quantitative estimate of drug-likeness (QED) is 0.224. The molecule has 6 nitrogen and oxygen atoms in total. The predicted molar refractivity (Wildman–Crippen MR) is 115 cm³/mol. The average Bonchev–Trinajstić information content (AvgIpc) is 2.96. The van der Waals surface area contributed by atoms with Crippen LogP contribution in [0.4, 0.5) is 18.9 Å². The standard InChI is InChI=1S/C20H15F3N2O4S2/c1-2-9-24-18(26)17(31-19(24)30)10-12-5-3-4-6-15(12)29-16-8-7-13(20(21,22)23)11-14(16)25(27)28/h3-8,10-11H,2,9H2,1H3/b17-10-. The summed E-state index contributed by atoms with van der Waals surface area (Å²) in [5.41, 5.74) is -1.55. The van der Waals surface area contributed by atoms with Crippen LogP contribution in [0.5, 0.6) is 11.5 Å². The Morgan fingerprint density at radius 2 is 1.94 bits per heavy atom. The van der Waals surface area contributed by atoms with Gasteiger partial charge in [0.05, 0.1) is 15.4 Å². The maximum Gasteiger partial charge on any atom is 0.416 e. The molecule has 0 radical (unpaired) electrons. The number of nitro groups is 1. The first-order valence-corrected chi connectivity index (χ1v) is 10.2. The van der Waals surface area contributed by atoms with Gasteiger partial charge in [0.1, 0.15) is 10.1 Å². The van der Waals surface area contributed by atoms with Crippen LogP contribution >= 0.6 is 24.0 Å². The highest BCUT2D eigenvalue weighted by Crippen LogP contribution is 2.40. The van der Waals surface area contributed by atoms with E-state index in [1.165, 1.54) is 11.0 Å². The highest BCUT2D eigenvalue weighted by molar-refractivity contribution is 8.26. The van der Waals surface area contributed by atoms with Crippen molar-refractivity contribution in [1.82, 2.24) is 4.90 Å². The van der Waals surface area contributed by atoms with E-state index in [2.05, 4.69) is 0 Å². The van der Waals surface area contributed by atoms with E-state index in [-0.39, 0.29) is 17.4 Å². The van der Waals surface area contributed by atoms with Gasteiger partial charge in [-0.1, -0.05) is 49.1 Å². The first kappa shape index (κ1) is 22.8. The monoisotopic (exact) mass is 468 g/mol. The Morgan fingerprint density at radius 1 is 1.23 bits per heavy atom. The number of hydrogen-bond acceptors (Lipinski definition) is 6. The molecule has 1 aliphatic rings. The molecular formula is C20H15F3N2O4S2. The van der Waals surface area contributed by atoms with Crippen LogP contribution in [0.25, 0.3) is 6.08 Å². The van der Waals surface area contributed by atoms with E-state index in [4.69, 9.17) is 17.0 Å². The van der Waals surface area contributed by atoms with Crippen molar-refractivity contribution < 1.29 is 27.6 Å². The summed E-state index contributed by atoms with van der Waals surface area (Å²) < 4.78 is 44.8. The van der Waals surface area contributed by atoms with Crippen LogP contribution in [0.15, 0.2) is 47.4 Å². The zero-order valence-corrected chi connectivity index (χ0v) is 17.6. The summed E-state index contributed by atoms with van der Waals surface area (Å²) in [5, 5.41) is 11.3. The van der Waals surface area contributed by atoms with Crippen LogP contribution in [0.3, 0.4) is 0 Å². The average molecular weight is 468 g/mol. The van der Waals surface area contributed by atoms with E-state index in [1.807, 2.05) is 6.92 Å². The van der Waals surface area contributed by atoms with Crippen molar-refractivity contribution in [2.75, 3.05) is 6.54 Å². The fraction of sp³-hybridized carbons (Fsp3) is 0.200. The molecule has 2 aromatic carbocycles. The van der Waals surface area contributed by atoms with Crippen molar-refractivity contribution in [1.29, 1.82) is 0 Å².